The molecule has 2 aromatic carbocycles. The summed E-state index contributed by atoms with van der Waals surface area (Å²) >= 11 is 0. The van der Waals surface area contributed by atoms with Crippen LogP contribution in [0.5, 0.6) is 11.5 Å². The monoisotopic (exact) mass is 736 g/mol. The number of carbonyl (C=O) groups is 2. The second kappa shape index (κ2) is 18.2. The fourth-order valence-corrected chi connectivity index (χ4v) is 6.12. The van der Waals surface area contributed by atoms with Crippen molar-refractivity contribution in [2.45, 2.75) is 90.1 Å². The summed E-state index contributed by atoms with van der Waals surface area (Å²) in [5.41, 5.74) is 0.838. The van der Waals surface area contributed by atoms with E-state index in [9.17, 15) is 22.8 Å². The fourth-order valence-electron chi connectivity index (χ4n) is 5.41. The van der Waals surface area contributed by atoms with E-state index in [4.69, 9.17) is 33.2 Å². The molecule has 0 saturated carbocycles. The zero-order valence-electron chi connectivity index (χ0n) is 30.9. The van der Waals surface area contributed by atoms with Crippen molar-refractivity contribution in [2.24, 2.45) is 11.8 Å². The van der Waals surface area contributed by atoms with Gasteiger partial charge in [-0.05, 0) is 62.1 Å². The summed E-state index contributed by atoms with van der Waals surface area (Å²) in [6.07, 6.45) is -1.64. The number of ether oxygens (including phenoxy) is 7. The molecule has 0 bridgehead atoms. The number of methoxy groups -OCH3 is 2. The largest absolute Gasteiger partial charge is 0.497 e. The molecule has 0 aliphatic carbocycles. The number of carbonyl (C=O) groups excluding carboxylic acids is 2. The number of allylic oxidation sites excluding steroid dienone is 1. The van der Waals surface area contributed by atoms with Gasteiger partial charge in [0.2, 0.25) is 0 Å². The summed E-state index contributed by atoms with van der Waals surface area (Å²) in [5.74, 6) is -4.38. The Hall–Kier alpha value is -3.65. The lowest BCUT2D eigenvalue weighted by molar-refractivity contribution is -0.171. The molecule has 2 aromatic rings. The van der Waals surface area contributed by atoms with Crippen molar-refractivity contribution >= 4 is 26.1 Å². The molecule has 1 aliphatic rings. The average molecular weight is 737 g/mol. The highest BCUT2D eigenvalue weighted by atomic mass is 28.3. The van der Waals surface area contributed by atoms with Gasteiger partial charge in [0.1, 0.15) is 29.3 Å². The number of benzene rings is 2. The zero-order chi connectivity index (χ0) is 38.0. The molecule has 9 nitrogen and oxygen atoms in total. The molecule has 1 aliphatic heterocycles. The van der Waals surface area contributed by atoms with Crippen molar-refractivity contribution < 1.29 is 55.9 Å². The van der Waals surface area contributed by atoms with Crippen molar-refractivity contribution in [2.75, 3.05) is 27.6 Å². The first-order valence-corrected chi connectivity index (χ1v) is 20.6. The molecule has 0 amide bonds. The van der Waals surface area contributed by atoms with Gasteiger partial charge in [-0.1, -0.05) is 69.9 Å². The van der Waals surface area contributed by atoms with E-state index in [1.165, 1.54) is 34.1 Å². The topological polar surface area (TPSA) is 98.8 Å². The summed E-state index contributed by atoms with van der Waals surface area (Å²) in [6, 6.07) is 12.2. The summed E-state index contributed by atoms with van der Waals surface area (Å²) in [4.78, 5) is 26.7. The van der Waals surface area contributed by atoms with Crippen LogP contribution in [0.1, 0.15) is 60.4 Å². The van der Waals surface area contributed by atoms with Crippen molar-refractivity contribution in [1.82, 2.24) is 0 Å². The van der Waals surface area contributed by atoms with E-state index in [-0.39, 0.29) is 36.7 Å². The highest BCUT2D eigenvalue weighted by Crippen LogP contribution is 2.37. The quantitative estimate of drug-likeness (QED) is 0.0684. The lowest BCUT2D eigenvalue weighted by Gasteiger charge is -2.26. The number of halogens is 3. The Morgan fingerprint density at radius 3 is 2.27 bits per heavy atom. The van der Waals surface area contributed by atoms with E-state index in [1.807, 2.05) is 0 Å². The molecule has 0 radical (unpaired) electrons. The lowest BCUT2D eigenvalue weighted by Crippen LogP contribution is -2.38. The van der Waals surface area contributed by atoms with Crippen LogP contribution in [0.3, 0.4) is 0 Å². The van der Waals surface area contributed by atoms with Crippen molar-refractivity contribution in [3.05, 3.63) is 77.4 Å². The molecule has 1 fully saturated rings. The average Bonchev–Trinajstić information content (AvgIpc) is 3.35. The minimum absolute atomic E-state index is 0.127. The van der Waals surface area contributed by atoms with Crippen molar-refractivity contribution in [1.29, 1.82) is 0 Å². The van der Waals surface area contributed by atoms with Gasteiger partial charge in [-0.3, -0.25) is 0 Å². The SMILES string of the molecule is COCOc1cc(OC)cc(/C=C/CC2OC(C)(C)OC2C(/C=C\C(C(C)C)C(F)(F)F)OC(=O)c2ccccc2)c1C(=O)OCC[Si](C)(C)C. The lowest BCUT2D eigenvalue weighted by atomic mass is 9.93. The first kappa shape index (κ1) is 41.8. The minimum Gasteiger partial charge on any atom is -0.497 e. The summed E-state index contributed by atoms with van der Waals surface area (Å²) in [6.45, 7) is 13.0. The molecule has 13 heteroatoms. The molecule has 4 unspecified atom stereocenters. The zero-order valence-corrected chi connectivity index (χ0v) is 31.9. The van der Waals surface area contributed by atoms with Gasteiger partial charge in [-0.15, -0.1) is 0 Å². The van der Waals surface area contributed by atoms with Crippen LogP contribution in [0.4, 0.5) is 13.2 Å². The molecule has 0 N–H and O–H groups in total. The highest BCUT2D eigenvalue weighted by molar-refractivity contribution is 6.76. The van der Waals surface area contributed by atoms with E-state index in [0.717, 1.165) is 12.1 Å². The van der Waals surface area contributed by atoms with Crippen molar-refractivity contribution in [3.8, 4) is 11.5 Å². The minimum atomic E-state index is -4.51. The van der Waals surface area contributed by atoms with Crippen LogP contribution in [0.25, 0.3) is 6.08 Å². The van der Waals surface area contributed by atoms with Crippen LogP contribution >= 0.6 is 0 Å². The molecule has 3 rings (SSSR count). The van der Waals surface area contributed by atoms with Gasteiger partial charge >= 0.3 is 18.1 Å². The normalized spacial score (nSPS) is 19.0. The third kappa shape index (κ3) is 12.8. The maximum atomic E-state index is 13.9. The first-order valence-electron chi connectivity index (χ1n) is 16.9. The molecule has 51 heavy (non-hydrogen) atoms. The molecule has 4 atom stereocenters. The second-order valence-corrected chi connectivity index (χ2v) is 19.9. The number of hydrogen-bond acceptors (Lipinski definition) is 9. The molecule has 282 valence electrons. The third-order valence-electron chi connectivity index (χ3n) is 8.03. The van der Waals surface area contributed by atoms with E-state index in [0.29, 0.717) is 11.3 Å². The maximum Gasteiger partial charge on any atom is 0.395 e. The van der Waals surface area contributed by atoms with Crippen LogP contribution < -0.4 is 9.47 Å². The number of alkyl halides is 3. The van der Waals surface area contributed by atoms with Gasteiger partial charge < -0.3 is 33.2 Å². The van der Waals surface area contributed by atoms with Crippen LogP contribution in [0, 0.1) is 11.8 Å². The van der Waals surface area contributed by atoms with Crippen LogP contribution in [-0.4, -0.2) is 77.9 Å². The molecule has 0 spiro atoms. The molecular formula is C38H51F3O9Si. The van der Waals surface area contributed by atoms with Gasteiger partial charge in [-0.25, -0.2) is 9.59 Å². The second-order valence-electron chi connectivity index (χ2n) is 14.3. The Labute approximate surface area is 300 Å². The Morgan fingerprint density at radius 1 is 1.00 bits per heavy atom. The van der Waals surface area contributed by atoms with E-state index < -0.39 is 62.1 Å². The van der Waals surface area contributed by atoms with Gasteiger partial charge in [0, 0.05) is 21.3 Å². The predicted octanol–water partition coefficient (Wildman–Crippen LogP) is 8.71. The van der Waals surface area contributed by atoms with E-state index in [2.05, 4.69) is 19.6 Å². The van der Waals surface area contributed by atoms with Gasteiger partial charge in [0.05, 0.1) is 31.3 Å². The molecule has 1 saturated heterocycles. The van der Waals surface area contributed by atoms with Gasteiger partial charge in [0.25, 0.3) is 0 Å². The molecule has 1 heterocycles. The Kier molecular flexibility index (Phi) is 14.9. The smallest absolute Gasteiger partial charge is 0.395 e. The highest BCUT2D eigenvalue weighted by Gasteiger charge is 2.46. The third-order valence-corrected chi connectivity index (χ3v) is 9.74. The predicted molar refractivity (Wildman–Crippen MR) is 191 cm³/mol. The fraction of sp³-hybridized carbons (Fsp3) is 0.526. The van der Waals surface area contributed by atoms with Gasteiger partial charge in [0.15, 0.2) is 12.6 Å². The van der Waals surface area contributed by atoms with Crippen LogP contribution in [0.15, 0.2) is 60.7 Å². The number of hydrogen-bond donors (Lipinski definition) is 0. The summed E-state index contributed by atoms with van der Waals surface area (Å²) < 4.78 is 82.0. The van der Waals surface area contributed by atoms with Gasteiger partial charge in [-0.2, -0.15) is 13.2 Å². The van der Waals surface area contributed by atoms with Crippen LogP contribution in [-0.2, 0) is 23.7 Å². The van der Waals surface area contributed by atoms with Crippen molar-refractivity contribution in [3.63, 3.8) is 0 Å². The molecular weight excluding hydrogens is 685 g/mol. The number of rotatable bonds is 17. The Bertz CT molecular complexity index is 1500. The standard InChI is InChI=1S/C38H51F3O9Si/c1-25(2)29(38(39,40)41)18-19-30(48-35(42)26-14-11-10-12-15-26)34-31(49-37(3,4)50-34)17-13-16-27-22-28(45-6)23-32(47-24-44-5)33(27)36(43)46-20-21-51(7,8)9/h10-16,18-19,22-23,25,29-31,34H,17,20-21,24H2,1-9H3/b16-13+,19-18-. The summed E-state index contributed by atoms with van der Waals surface area (Å²) in [7, 11) is 1.45. The summed E-state index contributed by atoms with van der Waals surface area (Å²) in [5, 5.41) is 0. The molecule has 0 aromatic heterocycles. The first-order chi connectivity index (χ1) is 23.8. The Morgan fingerprint density at radius 2 is 1.69 bits per heavy atom. The van der Waals surface area contributed by atoms with E-state index in [1.54, 1.807) is 68.5 Å². The Balaban J connectivity index is 1.99. The van der Waals surface area contributed by atoms with Crippen LogP contribution in [0.2, 0.25) is 25.7 Å². The number of esters is 2. The maximum absolute atomic E-state index is 13.9. The van der Waals surface area contributed by atoms with E-state index >= 15 is 0 Å².